The van der Waals surface area contributed by atoms with E-state index in [0.29, 0.717) is 13.1 Å². The molecule has 26 heavy (non-hydrogen) atoms. The number of hydrogen-bond donors (Lipinski definition) is 2. The van der Waals surface area contributed by atoms with Crippen LogP contribution in [0.2, 0.25) is 0 Å². The molecule has 0 rings (SSSR count). The third kappa shape index (κ3) is 19.4. The number of carbonyl (C=O) groups is 2. The van der Waals surface area contributed by atoms with Crippen molar-refractivity contribution < 1.29 is 9.59 Å². The molecular formula is C20H36N2O2S2. The summed E-state index contributed by atoms with van der Waals surface area (Å²) in [6.07, 6.45) is 16.3. The zero-order valence-corrected chi connectivity index (χ0v) is 18.1. The lowest BCUT2D eigenvalue weighted by Gasteiger charge is -2.03. The van der Waals surface area contributed by atoms with Gasteiger partial charge in [-0.3, -0.25) is 9.59 Å². The van der Waals surface area contributed by atoms with Crippen molar-refractivity contribution in [2.24, 2.45) is 0 Å². The van der Waals surface area contributed by atoms with E-state index in [0.717, 1.165) is 37.2 Å². The second-order valence-corrected chi connectivity index (χ2v) is 8.72. The van der Waals surface area contributed by atoms with E-state index in [1.165, 1.54) is 25.7 Å². The van der Waals surface area contributed by atoms with Crippen LogP contribution in [-0.2, 0) is 9.59 Å². The Kier molecular flexibility index (Phi) is 19.7. The summed E-state index contributed by atoms with van der Waals surface area (Å²) in [6, 6.07) is 0. The molecule has 0 aromatic carbocycles. The van der Waals surface area contributed by atoms with Gasteiger partial charge >= 0.3 is 0 Å². The van der Waals surface area contributed by atoms with Gasteiger partial charge in [-0.15, -0.1) is 0 Å². The molecule has 150 valence electrons. The Morgan fingerprint density at radius 1 is 0.731 bits per heavy atom. The van der Waals surface area contributed by atoms with Crippen molar-refractivity contribution in [1.29, 1.82) is 0 Å². The molecule has 0 bridgehead atoms. The average molecular weight is 401 g/mol. The molecule has 0 aliphatic rings. The molecule has 0 spiro atoms. The lowest BCUT2D eigenvalue weighted by molar-refractivity contribution is -0.117. The lowest BCUT2D eigenvalue weighted by atomic mass is 10.2. The van der Waals surface area contributed by atoms with Gasteiger partial charge in [0.05, 0.1) is 0 Å². The third-order valence-electron chi connectivity index (χ3n) is 3.54. The fourth-order valence-corrected chi connectivity index (χ4v) is 3.89. The number of rotatable bonds is 17. The van der Waals surface area contributed by atoms with Crippen LogP contribution in [0.4, 0.5) is 0 Å². The van der Waals surface area contributed by atoms with Crippen molar-refractivity contribution >= 4 is 33.4 Å². The smallest absolute Gasteiger partial charge is 0.243 e. The van der Waals surface area contributed by atoms with Crippen LogP contribution in [0.15, 0.2) is 24.3 Å². The number of amides is 2. The largest absolute Gasteiger partial charge is 0.352 e. The van der Waals surface area contributed by atoms with Crippen molar-refractivity contribution in [3.63, 3.8) is 0 Å². The van der Waals surface area contributed by atoms with Crippen LogP contribution in [0, 0.1) is 0 Å². The predicted molar refractivity (Wildman–Crippen MR) is 117 cm³/mol. The molecule has 0 saturated carbocycles. The van der Waals surface area contributed by atoms with Gasteiger partial charge in [0.25, 0.3) is 0 Å². The van der Waals surface area contributed by atoms with Crippen molar-refractivity contribution in [3.05, 3.63) is 24.3 Å². The molecule has 0 atom stereocenters. The van der Waals surface area contributed by atoms with E-state index in [-0.39, 0.29) is 11.8 Å². The average Bonchev–Trinajstić information content (AvgIpc) is 2.63. The van der Waals surface area contributed by atoms with Gasteiger partial charge in [0.2, 0.25) is 11.8 Å². The summed E-state index contributed by atoms with van der Waals surface area (Å²) >= 11 is 0. The van der Waals surface area contributed by atoms with Gasteiger partial charge in [0.1, 0.15) is 0 Å². The van der Waals surface area contributed by atoms with Crippen LogP contribution in [0.3, 0.4) is 0 Å². The van der Waals surface area contributed by atoms with Gasteiger partial charge in [-0.2, -0.15) is 0 Å². The fraction of sp³-hybridized carbons (Fsp3) is 0.700. The van der Waals surface area contributed by atoms with Gasteiger partial charge < -0.3 is 10.6 Å². The number of nitrogens with one attached hydrogen (secondary N) is 2. The minimum atomic E-state index is -0.00918. The van der Waals surface area contributed by atoms with Crippen LogP contribution in [0.1, 0.15) is 65.2 Å². The number of carbonyl (C=O) groups excluding carboxylic acids is 2. The Balaban J connectivity index is 3.39. The van der Waals surface area contributed by atoms with Crippen molar-refractivity contribution in [1.82, 2.24) is 10.6 Å². The van der Waals surface area contributed by atoms with E-state index in [9.17, 15) is 9.59 Å². The van der Waals surface area contributed by atoms with Crippen molar-refractivity contribution in [2.75, 3.05) is 24.6 Å². The summed E-state index contributed by atoms with van der Waals surface area (Å²) in [5, 5.41) is 5.76. The standard InChI is InChI=1S/C20H36N2O2S2/c1-3-5-7-9-11-13-19(23)21-15-17-25-26-18-16-22-20(24)14-12-10-8-6-4-2/h11-14H,3-10,15-18H2,1-2H3,(H,21,23)(H,22,24)/b13-11+,14-12+. The van der Waals surface area contributed by atoms with Gasteiger partial charge in [-0.05, 0) is 37.8 Å². The van der Waals surface area contributed by atoms with Crippen molar-refractivity contribution in [2.45, 2.75) is 65.2 Å². The van der Waals surface area contributed by atoms with E-state index < -0.39 is 0 Å². The number of allylic oxidation sites excluding steroid dienone is 2. The molecular weight excluding hydrogens is 364 g/mol. The van der Waals surface area contributed by atoms with Crippen LogP contribution in [0.25, 0.3) is 0 Å². The summed E-state index contributed by atoms with van der Waals surface area (Å²) < 4.78 is 0. The minimum Gasteiger partial charge on any atom is -0.352 e. The normalized spacial score (nSPS) is 11.3. The van der Waals surface area contributed by atoms with Crippen LogP contribution in [-0.4, -0.2) is 36.4 Å². The number of hydrogen-bond acceptors (Lipinski definition) is 4. The van der Waals surface area contributed by atoms with E-state index in [1.54, 1.807) is 33.7 Å². The predicted octanol–water partition coefficient (Wildman–Crippen LogP) is 4.87. The maximum Gasteiger partial charge on any atom is 0.243 e. The minimum absolute atomic E-state index is 0.00918. The maximum absolute atomic E-state index is 11.6. The molecule has 0 aliphatic carbocycles. The Morgan fingerprint density at radius 3 is 1.54 bits per heavy atom. The molecule has 0 heterocycles. The first kappa shape index (κ1) is 25.1. The lowest BCUT2D eigenvalue weighted by Crippen LogP contribution is -2.24. The zero-order chi connectivity index (χ0) is 19.3. The molecule has 2 N–H and O–H groups in total. The topological polar surface area (TPSA) is 58.2 Å². The molecule has 0 saturated heterocycles. The van der Waals surface area contributed by atoms with Crippen molar-refractivity contribution in [3.8, 4) is 0 Å². The first-order valence-corrected chi connectivity index (χ1v) is 12.3. The van der Waals surface area contributed by atoms with Crippen LogP contribution >= 0.6 is 21.6 Å². The van der Waals surface area contributed by atoms with Crippen LogP contribution < -0.4 is 10.6 Å². The fourth-order valence-electron chi connectivity index (χ4n) is 2.07. The van der Waals surface area contributed by atoms with Crippen LogP contribution in [0.5, 0.6) is 0 Å². The third-order valence-corrected chi connectivity index (χ3v) is 5.95. The second-order valence-electron chi connectivity index (χ2n) is 6.02. The van der Waals surface area contributed by atoms with Gasteiger partial charge in [-0.25, -0.2) is 0 Å². The van der Waals surface area contributed by atoms with E-state index in [4.69, 9.17) is 0 Å². The Morgan fingerprint density at radius 2 is 1.15 bits per heavy atom. The zero-order valence-electron chi connectivity index (χ0n) is 16.4. The summed E-state index contributed by atoms with van der Waals surface area (Å²) in [5.41, 5.74) is 0. The van der Waals surface area contributed by atoms with E-state index in [1.807, 2.05) is 12.2 Å². The molecule has 0 aromatic rings. The van der Waals surface area contributed by atoms with E-state index in [2.05, 4.69) is 24.5 Å². The van der Waals surface area contributed by atoms with Gasteiger partial charge in [-0.1, -0.05) is 73.3 Å². The monoisotopic (exact) mass is 400 g/mol. The quantitative estimate of drug-likeness (QED) is 0.208. The van der Waals surface area contributed by atoms with Gasteiger partial charge in [0, 0.05) is 24.6 Å². The van der Waals surface area contributed by atoms with Gasteiger partial charge in [0.15, 0.2) is 0 Å². The Labute approximate surface area is 167 Å². The first-order chi connectivity index (χ1) is 12.7. The Bertz CT molecular complexity index is 375. The summed E-state index contributed by atoms with van der Waals surface area (Å²) in [6.45, 7) is 5.69. The summed E-state index contributed by atoms with van der Waals surface area (Å²) in [5.74, 6) is 1.71. The molecule has 0 unspecified atom stereocenters. The highest BCUT2D eigenvalue weighted by Gasteiger charge is 1.97. The highest BCUT2D eigenvalue weighted by molar-refractivity contribution is 8.76. The highest BCUT2D eigenvalue weighted by Crippen LogP contribution is 2.19. The molecule has 0 aliphatic heterocycles. The summed E-state index contributed by atoms with van der Waals surface area (Å²) in [4.78, 5) is 23.1. The Hall–Kier alpha value is -0.880. The molecule has 6 heteroatoms. The molecule has 0 radical (unpaired) electrons. The summed E-state index contributed by atoms with van der Waals surface area (Å²) in [7, 11) is 3.43. The number of unbranched alkanes of at least 4 members (excludes halogenated alkanes) is 6. The first-order valence-electron chi connectivity index (χ1n) is 9.83. The SMILES string of the molecule is CCCCC/C=C/C(=O)NCCSSCCNC(=O)/C=C/CCCCC. The molecule has 2 amide bonds. The maximum atomic E-state index is 11.6. The molecule has 0 fully saturated rings. The highest BCUT2D eigenvalue weighted by atomic mass is 33.1. The van der Waals surface area contributed by atoms with E-state index >= 15 is 0 Å². The molecule has 4 nitrogen and oxygen atoms in total. The molecule has 0 aromatic heterocycles. The second kappa shape index (κ2) is 20.4.